The summed E-state index contributed by atoms with van der Waals surface area (Å²) in [6.07, 6.45) is 4.37. The van der Waals surface area contributed by atoms with E-state index in [4.69, 9.17) is 0 Å². The highest BCUT2D eigenvalue weighted by atomic mass is 32.2. The molecule has 1 aliphatic carbocycles. The third kappa shape index (κ3) is 3.29. The van der Waals surface area contributed by atoms with Gasteiger partial charge in [0.05, 0.1) is 17.4 Å². The van der Waals surface area contributed by atoms with Crippen LogP contribution in [0.25, 0.3) is 0 Å². The third-order valence-corrected chi connectivity index (χ3v) is 6.92. The van der Waals surface area contributed by atoms with Gasteiger partial charge in [-0.25, -0.2) is 8.42 Å². The maximum absolute atomic E-state index is 12.5. The quantitative estimate of drug-likeness (QED) is 0.730. The van der Waals surface area contributed by atoms with Crippen molar-refractivity contribution in [1.29, 1.82) is 0 Å². The number of amides is 2. The molecule has 0 bridgehead atoms. The zero-order chi connectivity index (χ0) is 15.7. The largest absolute Gasteiger partial charge is 0.341 e. The second kappa shape index (κ2) is 6.18. The van der Waals surface area contributed by atoms with Gasteiger partial charge in [-0.3, -0.25) is 9.59 Å². The molecular formula is C15H24N2O4S. The van der Waals surface area contributed by atoms with Crippen LogP contribution in [0.4, 0.5) is 0 Å². The zero-order valence-electron chi connectivity index (χ0n) is 12.9. The van der Waals surface area contributed by atoms with Crippen LogP contribution in [-0.2, 0) is 19.4 Å². The highest BCUT2D eigenvalue weighted by molar-refractivity contribution is 7.91. The lowest BCUT2D eigenvalue weighted by atomic mass is 9.84. The van der Waals surface area contributed by atoms with E-state index >= 15 is 0 Å². The lowest BCUT2D eigenvalue weighted by molar-refractivity contribution is -0.139. The van der Waals surface area contributed by atoms with Gasteiger partial charge in [0.25, 0.3) is 0 Å². The SMILES string of the molecule is O=C(C1CCC1)N1CCCN(C(=O)[C@@H]2CCS(=O)(=O)C2)CC1. The zero-order valence-corrected chi connectivity index (χ0v) is 13.7. The molecule has 0 radical (unpaired) electrons. The number of sulfone groups is 1. The normalized spacial score (nSPS) is 29.0. The first-order valence-electron chi connectivity index (χ1n) is 8.24. The topological polar surface area (TPSA) is 74.8 Å². The van der Waals surface area contributed by atoms with E-state index in [9.17, 15) is 18.0 Å². The summed E-state index contributed by atoms with van der Waals surface area (Å²) in [4.78, 5) is 28.4. The number of carbonyl (C=O) groups is 2. The van der Waals surface area contributed by atoms with E-state index in [0.717, 1.165) is 25.7 Å². The Labute approximate surface area is 131 Å². The molecule has 3 fully saturated rings. The van der Waals surface area contributed by atoms with E-state index in [-0.39, 0.29) is 35.2 Å². The Morgan fingerprint density at radius 3 is 1.82 bits per heavy atom. The molecule has 1 atom stereocenters. The number of hydrogen-bond acceptors (Lipinski definition) is 4. The van der Waals surface area contributed by atoms with Gasteiger partial charge in [-0.15, -0.1) is 0 Å². The average molecular weight is 328 g/mol. The first-order chi connectivity index (χ1) is 10.5. The Hall–Kier alpha value is -1.11. The summed E-state index contributed by atoms with van der Waals surface area (Å²) in [6, 6.07) is 0. The van der Waals surface area contributed by atoms with E-state index in [0.29, 0.717) is 32.6 Å². The first-order valence-corrected chi connectivity index (χ1v) is 10.1. The predicted molar refractivity (Wildman–Crippen MR) is 81.9 cm³/mol. The van der Waals surface area contributed by atoms with Crippen LogP contribution in [0.15, 0.2) is 0 Å². The van der Waals surface area contributed by atoms with Crippen LogP contribution < -0.4 is 0 Å². The summed E-state index contributed by atoms with van der Waals surface area (Å²) < 4.78 is 23.1. The van der Waals surface area contributed by atoms with Crippen molar-refractivity contribution in [2.75, 3.05) is 37.7 Å². The van der Waals surface area contributed by atoms with E-state index in [1.807, 2.05) is 4.90 Å². The van der Waals surface area contributed by atoms with Gasteiger partial charge in [-0.2, -0.15) is 0 Å². The van der Waals surface area contributed by atoms with Crippen LogP contribution in [0.5, 0.6) is 0 Å². The minimum atomic E-state index is -3.03. The van der Waals surface area contributed by atoms with Crippen LogP contribution in [0.2, 0.25) is 0 Å². The summed E-state index contributed by atoms with van der Waals surface area (Å²) in [6.45, 7) is 2.46. The van der Waals surface area contributed by atoms with Gasteiger partial charge in [-0.05, 0) is 25.7 Å². The molecule has 7 heteroatoms. The van der Waals surface area contributed by atoms with E-state index in [2.05, 4.69) is 0 Å². The van der Waals surface area contributed by atoms with Gasteiger partial charge in [0.1, 0.15) is 0 Å². The predicted octanol–water partition coefficient (Wildman–Crippen LogP) is 0.282. The molecule has 0 N–H and O–H groups in total. The van der Waals surface area contributed by atoms with Gasteiger partial charge < -0.3 is 9.80 Å². The molecule has 22 heavy (non-hydrogen) atoms. The number of nitrogens with zero attached hydrogens (tertiary/aromatic N) is 2. The van der Waals surface area contributed by atoms with E-state index in [1.54, 1.807) is 4.90 Å². The Morgan fingerprint density at radius 1 is 0.773 bits per heavy atom. The molecule has 6 nitrogen and oxygen atoms in total. The number of hydrogen-bond donors (Lipinski definition) is 0. The molecule has 2 heterocycles. The Balaban J connectivity index is 1.56. The van der Waals surface area contributed by atoms with Gasteiger partial charge in [0, 0.05) is 32.1 Å². The molecule has 0 aromatic carbocycles. The Kier molecular flexibility index (Phi) is 4.43. The van der Waals surface area contributed by atoms with Crippen molar-refractivity contribution in [1.82, 2.24) is 9.80 Å². The Morgan fingerprint density at radius 2 is 1.36 bits per heavy atom. The smallest absolute Gasteiger partial charge is 0.226 e. The lowest BCUT2D eigenvalue weighted by Gasteiger charge is -2.31. The molecular weight excluding hydrogens is 304 g/mol. The summed E-state index contributed by atoms with van der Waals surface area (Å²) in [5, 5.41) is 0. The van der Waals surface area contributed by atoms with Crippen molar-refractivity contribution in [3.8, 4) is 0 Å². The van der Waals surface area contributed by atoms with Crippen molar-refractivity contribution < 1.29 is 18.0 Å². The summed E-state index contributed by atoms with van der Waals surface area (Å²) in [5.41, 5.74) is 0. The molecule has 0 spiro atoms. The fraction of sp³-hybridized carbons (Fsp3) is 0.867. The average Bonchev–Trinajstić information content (AvgIpc) is 2.63. The van der Waals surface area contributed by atoms with Gasteiger partial charge in [0.15, 0.2) is 9.84 Å². The molecule has 2 amide bonds. The van der Waals surface area contributed by atoms with Crippen molar-refractivity contribution >= 4 is 21.7 Å². The highest BCUT2D eigenvalue weighted by Crippen LogP contribution is 2.29. The fourth-order valence-corrected chi connectivity index (χ4v) is 5.25. The highest BCUT2D eigenvalue weighted by Gasteiger charge is 2.36. The fourth-order valence-electron chi connectivity index (χ4n) is 3.52. The second-order valence-electron chi connectivity index (χ2n) is 6.73. The second-order valence-corrected chi connectivity index (χ2v) is 8.96. The molecule has 1 saturated carbocycles. The van der Waals surface area contributed by atoms with Crippen molar-refractivity contribution in [3.63, 3.8) is 0 Å². The molecule has 2 aliphatic heterocycles. The molecule has 3 aliphatic rings. The van der Waals surface area contributed by atoms with Crippen LogP contribution in [-0.4, -0.2) is 67.7 Å². The minimum Gasteiger partial charge on any atom is -0.341 e. The maximum Gasteiger partial charge on any atom is 0.226 e. The standard InChI is InChI=1S/C15H24N2O4S/c18-14(12-3-1-4-12)16-6-2-7-17(9-8-16)15(19)13-5-10-22(20,21)11-13/h12-13H,1-11H2/t13-/m1/s1. The number of rotatable bonds is 2. The maximum atomic E-state index is 12.5. The molecule has 0 aromatic heterocycles. The first kappa shape index (κ1) is 15.8. The van der Waals surface area contributed by atoms with Crippen LogP contribution in [0.3, 0.4) is 0 Å². The molecule has 124 valence electrons. The van der Waals surface area contributed by atoms with Crippen molar-refractivity contribution in [3.05, 3.63) is 0 Å². The van der Waals surface area contributed by atoms with Crippen molar-refractivity contribution in [2.45, 2.75) is 32.1 Å². The Bertz CT molecular complexity index is 556. The van der Waals surface area contributed by atoms with Gasteiger partial charge >= 0.3 is 0 Å². The van der Waals surface area contributed by atoms with Crippen LogP contribution in [0, 0.1) is 11.8 Å². The molecule has 0 aromatic rings. The number of carbonyl (C=O) groups excluding carboxylic acids is 2. The summed E-state index contributed by atoms with van der Waals surface area (Å²) in [7, 11) is -3.03. The van der Waals surface area contributed by atoms with E-state index in [1.165, 1.54) is 0 Å². The van der Waals surface area contributed by atoms with Crippen molar-refractivity contribution in [2.24, 2.45) is 11.8 Å². The van der Waals surface area contributed by atoms with Gasteiger partial charge in [0.2, 0.25) is 11.8 Å². The minimum absolute atomic E-state index is 0.00689. The van der Waals surface area contributed by atoms with E-state index < -0.39 is 9.84 Å². The monoisotopic (exact) mass is 328 g/mol. The summed E-state index contributed by atoms with van der Waals surface area (Å²) >= 11 is 0. The third-order valence-electron chi connectivity index (χ3n) is 5.16. The molecule has 3 rings (SSSR count). The van der Waals surface area contributed by atoms with Crippen LogP contribution >= 0.6 is 0 Å². The molecule has 0 unspecified atom stereocenters. The summed E-state index contributed by atoms with van der Waals surface area (Å²) in [5.74, 6) is 0.139. The molecule has 2 saturated heterocycles. The lowest BCUT2D eigenvalue weighted by Crippen LogP contribution is -2.42. The van der Waals surface area contributed by atoms with Crippen LogP contribution in [0.1, 0.15) is 32.1 Å². The van der Waals surface area contributed by atoms with Gasteiger partial charge in [-0.1, -0.05) is 6.42 Å².